The number of urea groups is 1. The lowest BCUT2D eigenvalue weighted by atomic mass is 10.0. The minimum Gasteiger partial charge on any atom is -0.452 e. The fraction of sp³-hybridized carbons (Fsp3) is 0.400. The summed E-state index contributed by atoms with van der Waals surface area (Å²) in [7, 11) is 0. The van der Waals surface area contributed by atoms with Gasteiger partial charge in [-0.25, -0.2) is 9.59 Å². The van der Waals surface area contributed by atoms with Crippen LogP contribution in [-0.2, 0) is 22.4 Å². The van der Waals surface area contributed by atoms with Crippen LogP contribution < -0.4 is 10.6 Å². The largest absolute Gasteiger partial charge is 0.452 e. The van der Waals surface area contributed by atoms with E-state index in [4.69, 9.17) is 4.74 Å². The zero-order chi connectivity index (χ0) is 19.4. The van der Waals surface area contributed by atoms with E-state index in [1.165, 1.54) is 0 Å². The van der Waals surface area contributed by atoms with E-state index in [0.717, 1.165) is 41.4 Å². The third-order valence-electron chi connectivity index (χ3n) is 4.38. The van der Waals surface area contributed by atoms with E-state index in [1.807, 2.05) is 38.1 Å². The van der Waals surface area contributed by atoms with Gasteiger partial charge in [0, 0.05) is 17.6 Å². The summed E-state index contributed by atoms with van der Waals surface area (Å²) in [5.74, 6) is -0.963. The number of nitrogens with one attached hydrogen (secondary N) is 2. The highest BCUT2D eigenvalue weighted by Gasteiger charge is 2.25. The molecule has 1 aliphatic rings. The molecule has 3 amide bonds. The summed E-state index contributed by atoms with van der Waals surface area (Å²) in [4.78, 5) is 40.8. The van der Waals surface area contributed by atoms with E-state index in [1.54, 1.807) is 0 Å². The van der Waals surface area contributed by atoms with Crippen LogP contribution in [0.5, 0.6) is 0 Å². The lowest BCUT2D eigenvalue weighted by Gasteiger charge is -2.12. The molecule has 0 aliphatic heterocycles. The molecule has 1 aromatic carbocycles. The number of nitrogens with zero attached hydrogens (tertiary/aromatic N) is 1. The van der Waals surface area contributed by atoms with Crippen molar-refractivity contribution < 1.29 is 19.1 Å². The molecule has 2 aromatic rings. The van der Waals surface area contributed by atoms with Gasteiger partial charge in [0.2, 0.25) is 0 Å². The maximum Gasteiger partial charge on any atom is 0.339 e. The van der Waals surface area contributed by atoms with Crippen LogP contribution in [-0.4, -0.2) is 36.0 Å². The number of benzene rings is 1. The Bertz CT molecular complexity index is 892. The third-order valence-corrected chi connectivity index (χ3v) is 4.38. The molecule has 0 atom stereocenters. The second kappa shape index (κ2) is 8.16. The van der Waals surface area contributed by atoms with E-state index in [2.05, 4.69) is 15.6 Å². The number of aryl methyl sites for hydroxylation is 1. The number of fused-ring (bicyclic) bond motifs is 2. The van der Waals surface area contributed by atoms with Gasteiger partial charge in [0.1, 0.15) is 0 Å². The minimum atomic E-state index is -0.667. The van der Waals surface area contributed by atoms with Gasteiger partial charge >= 0.3 is 12.0 Å². The van der Waals surface area contributed by atoms with Crippen molar-refractivity contribution in [1.82, 2.24) is 15.6 Å². The summed E-state index contributed by atoms with van der Waals surface area (Å²) in [6.45, 7) is 3.83. The van der Waals surface area contributed by atoms with E-state index in [0.29, 0.717) is 12.1 Å². The van der Waals surface area contributed by atoms with Crippen molar-refractivity contribution >= 4 is 28.8 Å². The van der Waals surface area contributed by atoms with E-state index in [9.17, 15) is 14.4 Å². The van der Waals surface area contributed by atoms with Crippen LogP contribution in [0.4, 0.5) is 4.79 Å². The van der Waals surface area contributed by atoms with Gasteiger partial charge in [0.15, 0.2) is 6.61 Å². The van der Waals surface area contributed by atoms with Crippen LogP contribution in [0.2, 0.25) is 0 Å². The number of pyridine rings is 1. The van der Waals surface area contributed by atoms with Gasteiger partial charge in [-0.05, 0) is 36.8 Å². The summed E-state index contributed by atoms with van der Waals surface area (Å²) in [5, 5.41) is 5.44. The van der Waals surface area contributed by atoms with E-state index < -0.39 is 24.5 Å². The molecule has 1 heterocycles. The molecule has 0 bridgehead atoms. The lowest BCUT2D eigenvalue weighted by Crippen LogP contribution is -2.42. The summed E-state index contributed by atoms with van der Waals surface area (Å²) in [5.41, 5.74) is 3.03. The second-order valence-electron chi connectivity index (χ2n) is 7.01. The molecule has 0 fully saturated rings. The Balaban J connectivity index is 1.68. The van der Waals surface area contributed by atoms with Crippen LogP contribution in [0.1, 0.15) is 41.9 Å². The van der Waals surface area contributed by atoms with Crippen molar-refractivity contribution in [2.75, 3.05) is 13.2 Å². The van der Waals surface area contributed by atoms with Gasteiger partial charge in [-0.1, -0.05) is 32.0 Å². The van der Waals surface area contributed by atoms with Crippen LogP contribution in [0, 0.1) is 5.92 Å². The molecule has 1 aliphatic carbocycles. The predicted molar refractivity (Wildman–Crippen MR) is 100 cm³/mol. The van der Waals surface area contributed by atoms with Crippen molar-refractivity contribution in [2.45, 2.75) is 33.1 Å². The molecule has 0 saturated heterocycles. The Morgan fingerprint density at radius 2 is 1.96 bits per heavy atom. The molecule has 27 heavy (non-hydrogen) atoms. The molecule has 0 unspecified atom stereocenters. The molecule has 0 radical (unpaired) electrons. The fourth-order valence-electron chi connectivity index (χ4n) is 3.15. The molecular weight excluding hydrogens is 346 g/mol. The molecule has 0 saturated carbocycles. The number of amides is 3. The number of imide groups is 1. The number of carbonyl (C=O) groups excluding carboxylic acids is 3. The van der Waals surface area contributed by atoms with Crippen molar-refractivity contribution in [3.05, 3.63) is 41.1 Å². The highest BCUT2D eigenvalue weighted by molar-refractivity contribution is 6.06. The van der Waals surface area contributed by atoms with Crippen LogP contribution >= 0.6 is 0 Å². The highest BCUT2D eigenvalue weighted by atomic mass is 16.5. The number of hydrogen-bond acceptors (Lipinski definition) is 5. The smallest absolute Gasteiger partial charge is 0.339 e. The first-order valence-corrected chi connectivity index (χ1v) is 9.11. The molecule has 7 heteroatoms. The van der Waals surface area contributed by atoms with Gasteiger partial charge in [0.25, 0.3) is 5.91 Å². The van der Waals surface area contributed by atoms with Crippen molar-refractivity contribution in [1.29, 1.82) is 0 Å². The molecule has 3 rings (SSSR count). The Morgan fingerprint density at radius 1 is 1.19 bits per heavy atom. The van der Waals surface area contributed by atoms with Crippen molar-refractivity contribution in [2.24, 2.45) is 5.92 Å². The zero-order valence-corrected chi connectivity index (χ0v) is 15.5. The zero-order valence-electron chi connectivity index (χ0n) is 15.5. The van der Waals surface area contributed by atoms with Gasteiger partial charge in [-0.3, -0.25) is 15.1 Å². The van der Waals surface area contributed by atoms with Gasteiger partial charge in [0.05, 0.1) is 11.1 Å². The Morgan fingerprint density at radius 3 is 2.74 bits per heavy atom. The summed E-state index contributed by atoms with van der Waals surface area (Å²) in [6.07, 6.45) is 2.54. The molecular formula is C20H23N3O4. The Labute approximate surface area is 157 Å². The Kier molecular flexibility index (Phi) is 5.69. The van der Waals surface area contributed by atoms with Crippen molar-refractivity contribution in [3.8, 4) is 0 Å². The first-order chi connectivity index (χ1) is 13.0. The van der Waals surface area contributed by atoms with Gasteiger partial charge in [-0.15, -0.1) is 0 Å². The summed E-state index contributed by atoms with van der Waals surface area (Å²) in [6, 6.07) is 6.80. The van der Waals surface area contributed by atoms with Crippen LogP contribution in [0.25, 0.3) is 10.9 Å². The minimum absolute atomic E-state index is 0.269. The molecule has 142 valence electrons. The third kappa shape index (κ3) is 4.42. The number of hydrogen-bond donors (Lipinski definition) is 2. The first kappa shape index (κ1) is 18.8. The number of carbonyl (C=O) groups is 3. The lowest BCUT2D eigenvalue weighted by molar-refractivity contribution is -0.123. The molecule has 7 nitrogen and oxygen atoms in total. The first-order valence-electron chi connectivity index (χ1n) is 9.11. The molecule has 0 spiro atoms. The second-order valence-corrected chi connectivity index (χ2v) is 7.01. The van der Waals surface area contributed by atoms with Gasteiger partial charge in [-0.2, -0.15) is 0 Å². The average molecular weight is 369 g/mol. The van der Waals surface area contributed by atoms with Crippen LogP contribution in [0.15, 0.2) is 24.3 Å². The number of esters is 1. The number of rotatable bonds is 5. The maximum atomic E-state index is 12.7. The van der Waals surface area contributed by atoms with Gasteiger partial charge < -0.3 is 10.1 Å². The quantitative estimate of drug-likeness (QED) is 0.789. The maximum absolute atomic E-state index is 12.7. The fourth-order valence-corrected chi connectivity index (χ4v) is 3.15. The van der Waals surface area contributed by atoms with E-state index >= 15 is 0 Å². The SMILES string of the molecule is CC(C)CNC(=O)NC(=O)COC(=O)c1c2c(nc3ccccc13)CCC2. The standard InChI is InChI=1S/C20H23N3O4/c1-12(2)10-21-20(26)23-17(24)11-27-19(25)18-13-6-3-4-8-15(13)22-16-9-5-7-14(16)18/h3-4,6,8,12H,5,7,9-11H2,1-2H3,(H2,21,23,24,26). The normalized spacial score (nSPS) is 12.7. The summed E-state index contributed by atoms with van der Waals surface area (Å²) < 4.78 is 5.19. The van der Waals surface area contributed by atoms with Crippen LogP contribution in [0.3, 0.4) is 0 Å². The monoisotopic (exact) mass is 369 g/mol. The number of aromatic nitrogens is 1. The Hall–Kier alpha value is -2.96. The topological polar surface area (TPSA) is 97.4 Å². The highest BCUT2D eigenvalue weighted by Crippen LogP contribution is 2.30. The number of para-hydroxylation sites is 1. The van der Waals surface area contributed by atoms with Crippen molar-refractivity contribution in [3.63, 3.8) is 0 Å². The molecule has 1 aromatic heterocycles. The van der Waals surface area contributed by atoms with E-state index in [-0.39, 0.29) is 5.92 Å². The number of ether oxygens (including phenoxy) is 1. The summed E-state index contributed by atoms with van der Waals surface area (Å²) >= 11 is 0. The average Bonchev–Trinajstić information content (AvgIpc) is 3.10. The molecule has 2 N–H and O–H groups in total. The predicted octanol–water partition coefficient (Wildman–Crippen LogP) is 2.36.